The summed E-state index contributed by atoms with van der Waals surface area (Å²) in [5.74, 6) is 2.41. The zero-order valence-electron chi connectivity index (χ0n) is 27.8. The molecule has 10 nitrogen and oxygen atoms in total. The minimum atomic E-state index is -3.79. The molecule has 44 heavy (non-hydrogen) atoms. The Morgan fingerprint density at radius 1 is 0.841 bits per heavy atom. The Hall–Kier alpha value is -1.23. The third-order valence-electron chi connectivity index (χ3n) is 7.77. The van der Waals surface area contributed by atoms with Crippen molar-refractivity contribution in [3.63, 3.8) is 0 Å². The molecule has 1 unspecified atom stereocenters. The Balaban J connectivity index is 0.00000968. The highest BCUT2D eigenvalue weighted by molar-refractivity contribution is 7.99. The molecule has 0 radical (unpaired) electrons. The summed E-state index contributed by atoms with van der Waals surface area (Å²) in [4.78, 5) is 22.5. The summed E-state index contributed by atoms with van der Waals surface area (Å²) in [5, 5.41) is 0. The summed E-state index contributed by atoms with van der Waals surface area (Å²) in [7, 11) is -3.79. The predicted molar refractivity (Wildman–Crippen MR) is 187 cm³/mol. The van der Waals surface area contributed by atoms with Crippen LogP contribution in [0, 0.1) is 0 Å². The number of hydrogen-bond donors (Lipinski definition) is 3. The summed E-state index contributed by atoms with van der Waals surface area (Å²) >= 11 is 1.90. The van der Waals surface area contributed by atoms with E-state index in [1.54, 1.807) is 10.9 Å². The van der Waals surface area contributed by atoms with Crippen molar-refractivity contribution >= 4 is 36.3 Å². The van der Waals surface area contributed by atoms with Crippen molar-refractivity contribution in [1.82, 2.24) is 25.7 Å². The van der Waals surface area contributed by atoms with Crippen LogP contribution >= 0.6 is 19.4 Å². The van der Waals surface area contributed by atoms with Crippen molar-refractivity contribution in [3.8, 4) is 0 Å². The molecular formula is C32H63N6O4PS. The second-order valence-corrected chi connectivity index (χ2v) is 14.9. The molecule has 0 spiro atoms. The molecule has 0 fully saturated rings. The average molecular weight is 659 g/mol. The fraction of sp³-hybridized carbons (Fsp3) is 0.844. The Morgan fingerprint density at radius 2 is 1.36 bits per heavy atom. The summed E-state index contributed by atoms with van der Waals surface area (Å²) in [6, 6.07) is 0. The zero-order chi connectivity index (χ0) is 31.0. The molecule has 0 bridgehead atoms. The number of hydrogen-bond acceptors (Lipinski definition) is 9. The van der Waals surface area contributed by atoms with E-state index in [4.69, 9.17) is 15.0 Å². The van der Waals surface area contributed by atoms with Gasteiger partial charge in [0, 0.05) is 0 Å². The third kappa shape index (κ3) is 19.3. The molecule has 2 rings (SSSR count). The van der Waals surface area contributed by atoms with Crippen LogP contribution in [0.2, 0.25) is 0 Å². The number of aromatic nitrogens is 4. The Bertz CT molecular complexity index is 1010. The highest BCUT2D eigenvalue weighted by Crippen LogP contribution is 2.42. The third-order valence-corrected chi connectivity index (χ3v) is 9.99. The Kier molecular flexibility index (Phi) is 24.0. The van der Waals surface area contributed by atoms with Crippen LogP contribution < -0.4 is 11.9 Å². The fourth-order valence-corrected chi connectivity index (χ4v) is 7.06. The number of anilines is 1. The quantitative estimate of drug-likeness (QED) is 0.0567. The number of nitrogen functional groups attached to an aromatic ring is 1. The number of fused-ring (bicyclic) bond motifs is 1. The van der Waals surface area contributed by atoms with Crippen LogP contribution in [0.5, 0.6) is 0 Å². The largest absolute Gasteiger partial charge is 0.382 e. The summed E-state index contributed by atoms with van der Waals surface area (Å²) in [6.45, 7) is 4.80. The van der Waals surface area contributed by atoms with Gasteiger partial charge in [-0.2, -0.15) is 11.8 Å². The van der Waals surface area contributed by atoms with E-state index in [1.807, 2.05) is 18.7 Å². The molecule has 2 heterocycles. The Labute approximate surface area is 271 Å². The molecule has 0 aliphatic heterocycles. The molecule has 0 amide bonds. The molecule has 2 atom stereocenters. The van der Waals surface area contributed by atoms with Crippen molar-refractivity contribution in [2.24, 2.45) is 0 Å². The predicted octanol–water partition coefficient (Wildman–Crippen LogP) is 9.30. The molecule has 0 aliphatic carbocycles. The van der Waals surface area contributed by atoms with Gasteiger partial charge in [-0.05, 0) is 31.3 Å². The first-order chi connectivity index (χ1) is 20.9. The van der Waals surface area contributed by atoms with Crippen LogP contribution in [0.3, 0.4) is 0 Å². The van der Waals surface area contributed by atoms with Crippen LogP contribution in [0.4, 0.5) is 5.82 Å². The number of thioether (sulfide) groups is 1. The normalized spacial score (nSPS) is 13.6. The first-order valence-electron chi connectivity index (χ1n) is 17.0. The van der Waals surface area contributed by atoms with Gasteiger partial charge in [-0.1, -0.05) is 116 Å². The lowest BCUT2D eigenvalue weighted by atomic mass is 10.0. The monoisotopic (exact) mass is 658 g/mol. The van der Waals surface area contributed by atoms with E-state index < -0.39 is 7.60 Å². The second-order valence-electron chi connectivity index (χ2n) is 11.9. The molecule has 2 aromatic heterocycles. The van der Waals surface area contributed by atoms with Gasteiger partial charge in [-0.15, -0.1) is 0 Å². The lowest BCUT2D eigenvalue weighted by molar-refractivity contribution is 0.0718. The van der Waals surface area contributed by atoms with Crippen molar-refractivity contribution < 1.29 is 18.7 Å². The molecule has 0 saturated carbocycles. The lowest BCUT2D eigenvalue weighted by Gasteiger charge is -2.17. The van der Waals surface area contributed by atoms with Gasteiger partial charge >= 0.3 is 7.60 Å². The van der Waals surface area contributed by atoms with Crippen LogP contribution in [-0.4, -0.2) is 55.0 Å². The summed E-state index contributed by atoms with van der Waals surface area (Å²) < 4.78 is 25.0. The zero-order valence-corrected chi connectivity index (χ0v) is 29.5. The first-order valence-corrected chi connectivity index (χ1v) is 19.9. The van der Waals surface area contributed by atoms with Crippen LogP contribution in [0.25, 0.3) is 11.2 Å². The van der Waals surface area contributed by atoms with Gasteiger partial charge in [-0.25, -0.2) is 15.0 Å². The van der Waals surface area contributed by atoms with Crippen molar-refractivity contribution in [3.05, 3.63) is 12.7 Å². The highest BCUT2D eigenvalue weighted by atomic mass is 32.2. The molecular weight excluding hydrogens is 595 g/mol. The van der Waals surface area contributed by atoms with Gasteiger partial charge < -0.3 is 30.6 Å². The number of unbranched alkanes of at least 4 members (excludes halogenated alkanes) is 17. The van der Waals surface area contributed by atoms with E-state index in [2.05, 4.69) is 21.9 Å². The highest BCUT2D eigenvalue weighted by Gasteiger charge is 2.21. The number of ether oxygens (including phenoxy) is 1. The van der Waals surface area contributed by atoms with Crippen LogP contribution in [-0.2, 0) is 20.4 Å². The maximum Gasteiger partial charge on any atom is 0.353 e. The topological polar surface area (TPSA) is 160 Å². The molecule has 256 valence electrons. The van der Waals surface area contributed by atoms with Gasteiger partial charge in [0.1, 0.15) is 18.2 Å². The van der Waals surface area contributed by atoms with Gasteiger partial charge in [0.05, 0.1) is 25.6 Å². The van der Waals surface area contributed by atoms with Gasteiger partial charge in [0.15, 0.2) is 11.5 Å². The van der Waals surface area contributed by atoms with E-state index >= 15 is 0 Å². The second kappa shape index (κ2) is 25.9. The van der Waals surface area contributed by atoms with Crippen LogP contribution in [0.1, 0.15) is 136 Å². The fourth-order valence-electron chi connectivity index (χ4n) is 5.20. The molecule has 0 saturated heterocycles. The SMILES string of the molecule is CCCCCCCCCCCCCCCCCCCCSCCCOP(=O)(O)CO[C@H](C)Cn1cnc2c(N)ncnc21.N. The average Bonchev–Trinajstić information content (AvgIpc) is 3.40. The summed E-state index contributed by atoms with van der Waals surface area (Å²) in [6.07, 6.45) is 28.2. The minimum Gasteiger partial charge on any atom is -0.382 e. The maximum atomic E-state index is 12.3. The number of rotatable bonds is 29. The van der Waals surface area contributed by atoms with E-state index in [0.29, 0.717) is 23.5 Å². The van der Waals surface area contributed by atoms with Crippen molar-refractivity contribution in [2.45, 2.75) is 148 Å². The van der Waals surface area contributed by atoms with Crippen molar-refractivity contribution in [2.75, 3.05) is 30.2 Å². The summed E-state index contributed by atoms with van der Waals surface area (Å²) in [5.41, 5.74) is 6.96. The minimum absolute atomic E-state index is 0. The van der Waals surface area contributed by atoms with E-state index in [1.165, 1.54) is 122 Å². The lowest BCUT2D eigenvalue weighted by Crippen LogP contribution is -2.17. The van der Waals surface area contributed by atoms with Gasteiger partial charge in [-0.3, -0.25) is 4.57 Å². The number of nitrogens with two attached hydrogens (primary N) is 1. The molecule has 0 aliphatic rings. The van der Waals surface area contributed by atoms with E-state index in [0.717, 1.165) is 17.9 Å². The van der Waals surface area contributed by atoms with E-state index in [-0.39, 0.29) is 25.2 Å². The van der Waals surface area contributed by atoms with Crippen molar-refractivity contribution in [1.29, 1.82) is 0 Å². The van der Waals surface area contributed by atoms with Gasteiger partial charge in [0.2, 0.25) is 0 Å². The van der Waals surface area contributed by atoms with Crippen LogP contribution in [0.15, 0.2) is 12.7 Å². The smallest absolute Gasteiger partial charge is 0.353 e. The maximum absolute atomic E-state index is 12.3. The van der Waals surface area contributed by atoms with E-state index in [9.17, 15) is 9.46 Å². The Morgan fingerprint density at radius 3 is 1.93 bits per heavy atom. The van der Waals surface area contributed by atoms with Gasteiger partial charge in [0.25, 0.3) is 0 Å². The molecule has 0 aromatic carbocycles. The standard InChI is InChI=1S/C32H60N5O4PS.H3N/c1-3-4-5-6-7-8-9-10-11-12-13-14-15-16-17-18-19-20-23-43-24-21-22-41-42(38,39)28-40-29(2)25-37-27-36-30-31(33)34-26-35-32(30)37;/h26-27,29H,3-25,28H2,1-2H3,(H,38,39)(H2,33,34,35);1H3/t29-;/m1./s1. The number of nitrogens with zero attached hydrogens (tertiary/aromatic N) is 4. The molecule has 2 aromatic rings. The first kappa shape index (κ1) is 40.8. The molecule has 6 N–H and O–H groups in total. The molecule has 12 heteroatoms. The number of imidazole rings is 1.